The van der Waals surface area contributed by atoms with Gasteiger partial charge in [-0.25, -0.2) is 13.1 Å². The van der Waals surface area contributed by atoms with E-state index in [9.17, 15) is 26.7 Å². The fourth-order valence-corrected chi connectivity index (χ4v) is 4.42. The summed E-state index contributed by atoms with van der Waals surface area (Å²) in [5.74, 6) is 0. The molecule has 0 aliphatic carbocycles. The Labute approximate surface area is 157 Å². The third-order valence-electron chi connectivity index (χ3n) is 3.92. The molecule has 2 N–H and O–H groups in total. The van der Waals surface area contributed by atoms with Gasteiger partial charge in [-0.1, -0.05) is 12.1 Å². The molecule has 0 aliphatic rings. The summed E-state index contributed by atoms with van der Waals surface area (Å²) in [6.07, 6.45) is -2.06. The van der Waals surface area contributed by atoms with E-state index >= 15 is 0 Å². The van der Waals surface area contributed by atoms with Crippen molar-refractivity contribution in [3.63, 3.8) is 0 Å². The summed E-state index contributed by atoms with van der Waals surface area (Å²) >= 11 is 1.21. The summed E-state index contributed by atoms with van der Waals surface area (Å²) in [7, 11) is -4.29. The van der Waals surface area contributed by atoms with Crippen molar-refractivity contribution >= 4 is 21.4 Å². The molecule has 2 aromatic heterocycles. The molecule has 0 amide bonds. The van der Waals surface area contributed by atoms with Crippen LogP contribution in [-0.2, 0) is 21.8 Å². The first-order valence-corrected chi connectivity index (χ1v) is 9.95. The number of alkyl halides is 3. The molecule has 0 bridgehead atoms. The molecule has 2 heterocycles. The van der Waals surface area contributed by atoms with Gasteiger partial charge in [0.25, 0.3) is 0 Å². The Morgan fingerprint density at radius 1 is 1.11 bits per heavy atom. The predicted octanol–water partition coefficient (Wildman–Crippen LogP) is 3.57. The van der Waals surface area contributed by atoms with Gasteiger partial charge in [-0.3, -0.25) is 0 Å². The van der Waals surface area contributed by atoms with Gasteiger partial charge >= 0.3 is 6.18 Å². The summed E-state index contributed by atoms with van der Waals surface area (Å²) in [5.41, 5.74) is -2.49. The van der Waals surface area contributed by atoms with Crippen LogP contribution in [0.5, 0.6) is 0 Å². The minimum absolute atomic E-state index is 0.316. The molecule has 0 saturated carbocycles. The van der Waals surface area contributed by atoms with Gasteiger partial charge < -0.3 is 9.52 Å². The zero-order valence-electron chi connectivity index (χ0n) is 13.6. The molecule has 1 atom stereocenters. The number of hydrogen-bond donors (Lipinski definition) is 2. The number of thiophene rings is 1. The van der Waals surface area contributed by atoms with Crippen molar-refractivity contribution < 1.29 is 31.1 Å². The molecular formula is C17H14F3NO4S2. The molecular weight excluding hydrogens is 403 g/mol. The quantitative estimate of drug-likeness (QED) is 0.643. The van der Waals surface area contributed by atoms with Crippen molar-refractivity contribution in [3.8, 4) is 0 Å². The maximum atomic E-state index is 12.8. The number of nitrogens with one attached hydrogen (secondary N) is 1. The highest BCUT2D eigenvalue weighted by molar-refractivity contribution is 7.89. The van der Waals surface area contributed by atoms with Crippen LogP contribution in [-0.4, -0.2) is 20.1 Å². The second-order valence-corrected chi connectivity index (χ2v) is 8.41. The lowest BCUT2D eigenvalue weighted by atomic mass is 9.95. The summed E-state index contributed by atoms with van der Waals surface area (Å²) in [6, 6.07) is 8.19. The van der Waals surface area contributed by atoms with Crippen molar-refractivity contribution in [2.45, 2.75) is 16.7 Å². The Kier molecular flexibility index (Phi) is 5.17. The van der Waals surface area contributed by atoms with Gasteiger partial charge in [-0.15, -0.1) is 11.3 Å². The number of hydrogen-bond acceptors (Lipinski definition) is 5. The smallest absolute Gasteiger partial charge is 0.416 e. The zero-order valence-corrected chi connectivity index (χ0v) is 15.2. The average molecular weight is 417 g/mol. The van der Waals surface area contributed by atoms with Gasteiger partial charge in [0.15, 0.2) is 0 Å². The first kappa shape index (κ1) is 19.6. The van der Waals surface area contributed by atoms with E-state index in [2.05, 4.69) is 4.72 Å². The maximum Gasteiger partial charge on any atom is 0.416 e. The summed E-state index contributed by atoms with van der Waals surface area (Å²) < 4.78 is 70.7. The zero-order chi connectivity index (χ0) is 19.7. The van der Waals surface area contributed by atoms with Crippen LogP contribution in [0.3, 0.4) is 0 Å². The van der Waals surface area contributed by atoms with Crippen molar-refractivity contribution in [3.05, 3.63) is 76.4 Å². The molecule has 27 heavy (non-hydrogen) atoms. The Bertz CT molecular complexity index is 963. The number of rotatable bonds is 6. The summed E-state index contributed by atoms with van der Waals surface area (Å²) in [5, 5.41) is 12.8. The largest absolute Gasteiger partial charge is 0.472 e. The first-order valence-electron chi connectivity index (χ1n) is 7.59. The lowest BCUT2D eigenvalue weighted by molar-refractivity contribution is -0.137. The standard InChI is InChI=1S/C17H14F3NO4S2/c18-17(19,20)12-3-1-4-14(9-12)27(23,24)21-11-16(22,13-6-7-25-10-13)15-5-2-8-26-15/h1-10,21-22H,11H2/t16-/m0/s1. The van der Waals surface area contributed by atoms with Crippen molar-refractivity contribution in [1.82, 2.24) is 4.72 Å². The van der Waals surface area contributed by atoms with Gasteiger partial charge in [0.2, 0.25) is 10.0 Å². The molecule has 0 saturated heterocycles. The average Bonchev–Trinajstić information content (AvgIpc) is 3.33. The summed E-state index contributed by atoms with van der Waals surface area (Å²) in [4.78, 5) is -0.0892. The Hall–Kier alpha value is -2.14. The second kappa shape index (κ2) is 7.12. The van der Waals surface area contributed by atoms with Crippen LogP contribution < -0.4 is 4.72 Å². The molecule has 10 heteroatoms. The number of sulfonamides is 1. The van der Waals surface area contributed by atoms with Crippen molar-refractivity contribution in [2.75, 3.05) is 6.54 Å². The van der Waals surface area contributed by atoms with Crippen LogP contribution in [0, 0.1) is 0 Å². The summed E-state index contributed by atoms with van der Waals surface area (Å²) in [6.45, 7) is -0.481. The van der Waals surface area contributed by atoms with Gasteiger partial charge in [-0.05, 0) is 35.7 Å². The maximum absolute atomic E-state index is 12.8. The number of benzene rings is 1. The highest BCUT2D eigenvalue weighted by Gasteiger charge is 2.36. The molecule has 1 aromatic carbocycles. The van der Waals surface area contributed by atoms with E-state index < -0.39 is 38.8 Å². The highest BCUT2D eigenvalue weighted by atomic mass is 32.2. The van der Waals surface area contributed by atoms with Crippen LogP contribution in [0.1, 0.15) is 16.0 Å². The Morgan fingerprint density at radius 2 is 1.89 bits per heavy atom. The van der Waals surface area contributed by atoms with Crippen molar-refractivity contribution in [2.24, 2.45) is 0 Å². The van der Waals surface area contributed by atoms with Crippen LogP contribution in [0.2, 0.25) is 0 Å². The van der Waals surface area contributed by atoms with Gasteiger partial charge in [-0.2, -0.15) is 13.2 Å². The van der Waals surface area contributed by atoms with E-state index in [0.29, 0.717) is 16.5 Å². The first-order chi connectivity index (χ1) is 12.6. The molecule has 0 radical (unpaired) electrons. The minimum atomic E-state index is -4.67. The number of aliphatic hydroxyl groups is 1. The Morgan fingerprint density at radius 3 is 2.48 bits per heavy atom. The molecule has 144 valence electrons. The predicted molar refractivity (Wildman–Crippen MR) is 92.7 cm³/mol. The lowest BCUT2D eigenvalue weighted by Gasteiger charge is -2.26. The molecule has 3 aromatic rings. The molecule has 0 unspecified atom stereocenters. The SMILES string of the molecule is O=S(=O)(NC[C@](O)(c1ccoc1)c1cccs1)c1cccc(C(F)(F)F)c1. The van der Waals surface area contributed by atoms with Crippen LogP contribution in [0.25, 0.3) is 0 Å². The van der Waals surface area contributed by atoms with E-state index in [0.717, 1.165) is 18.2 Å². The fraction of sp³-hybridized carbons (Fsp3) is 0.176. The second-order valence-electron chi connectivity index (χ2n) is 5.70. The number of halogens is 3. The third-order valence-corrected chi connectivity index (χ3v) is 6.34. The Balaban J connectivity index is 1.90. The number of furan rings is 1. The van der Waals surface area contributed by atoms with E-state index in [1.165, 1.54) is 29.9 Å². The van der Waals surface area contributed by atoms with Gasteiger partial charge in [0, 0.05) is 17.0 Å². The van der Waals surface area contributed by atoms with Crippen LogP contribution in [0.4, 0.5) is 13.2 Å². The van der Waals surface area contributed by atoms with Crippen molar-refractivity contribution in [1.29, 1.82) is 0 Å². The van der Waals surface area contributed by atoms with Gasteiger partial charge in [0.05, 0.1) is 23.0 Å². The van der Waals surface area contributed by atoms with Gasteiger partial charge in [0.1, 0.15) is 5.60 Å². The van der Waals surface area contributed by atoms with E-state index in [4.69, 9.17) is 4.42 Å². The van der Waals surface area contributed by atoms with E-state index in [-0.39, 0.29) is 0 Å². The van der Waals surface area contributed by atoms with E-state index in [1.807, 2.05) is 0 Å². The molecule has 3 rings (SSSR count). The molecule has 0 spiro atoms. The highest BCUT2D eigenvalue weighted by Crippen LogP contribution is 2.34. The van der Waals surface area contributed by atoms with E-state index in [1.54, 1.807) is 17.5 Å². The lowest BCUT2D eigenvalue weighted by Crippen LogP contribution is -2.41. The van der Waals surface area contributed by atoms with Crippen LogP contribution in [0.15, 0.2) is 69.7 Å². The molecule has 0 fully saturated rings. The fourth-order valence-electron chi connectivity index (χ4n) is 2.47. The minimum Gasteiger partial charge on any atom is -0.472 e. The third kappa shape index (κ3) is 4.08. The topological polar surface area (TPSA) is 79.5 Å². The monoisotopic (exact) mass is 417 g/mol. The van der Waals surface area contributed by atoms with Crippen LogP contribution >= 0.6 is 11.3 Å². The molecule has 0 aliphatic heterocycles. The molecule has 5 nitrogen and oxygen atoms in total. The normalized spacial score (nSPS) is 14.8.